The van der Waals surface area contributed by atoms with Gasteiger partial charge in [-0.2, -0.15) is 0 Å². The van der Waals surface area contributed by atoms with Crippen molar-refractivity contribution in [2.24, 2.45) is 0 Å². The van der Waals surface area contributed by atoms with Gasteiger partial charge in [0.2, 0.25) is 0 Å². The summed E-state index contributed by atoms with van der Waals surface area (Å²) in [5.74, 6) is -0.281. The number of aromatic nitrogens is 2. The maximum atomic E-state index is 13.3. The molecule has 1 amide bonds. The van der Waals surface area contributed by atoms with Crippen LogP contribution in [0.1, 0.15) is 27.0 Å². The smallest absolute Gasteiger partial charge is 0.252 e. The molecule has 1 unspecified atom stereocenters. The van der Waals surface area contributed by atoms with Crippen molar-refractivity contribution < 1.29 is 9.59 Å². The van der Waals surface area contributed by atoms with Gasteiger partial charge >= 0.3 is 0 Å². The number of Topliss-reactive ketones (excluding diaryl/α,β-unsaturated/α-hetero) is 1. The molecule has 0 aliphatic carbocycles. The second kappa shape index (κ2) is 8.74. The highest BCUT2D eigenvalue weighted by Gasteiger charge is 2.23. The lowest BCUT2D eigenvalue weighted by molar-refractivity contribution is -0.120. The molecular formula is C25H23N3O2. The van der Waals surface area contributed by atoms with Crippen LogP contribution in [0.25, 0.3) is 11.0 Å². The minimum atomic E-state index is -0.631. The van der Waals surface area contributed by atoms with E-state index in [1.165, 1.54) is 0 Å². The Morgan fingerprint density at radius 2 is 1.73 bits per heavy atom. The van der Waals surface area contributed by atoms with Crippen molar-refractivity contribution in [3.8, 4) is 0 Å². The SMILES string of the molecule is Cc1ccccc1C(=O)NC(Cc1ccccc1)C(=O)Cc1cccc2[nH]cnc12. The van der Waals surface area contributed by atoms with E-state index in [2.05, 4.69) is 15.3 Å². The predicted molar refractivity (Wildman–Crippen MR) is 117 cm³/mol. The Morgan fingerprint density at radius 3 is 2.53 bits per heavy atom. The van der Waals surface area contributed by atoms with E-state index >= 15 is 0 Å². The van der Waals surface area contributed by atoms with Gasteiger partial charge in [0.05, 0.1) is 23.4 Å². The van der Waals surface area contributed by atoms with Crippen LogP contribution >= 0.6 is 0 Å². The van der Waals surface area contributed by atoms with Gasteiger partial charge in [0.1, 0.15) is 0 Å². The highest BCUT2D eigenvalue weighted by Crippen LogP contribution is 2.17. The minimum Gasteiger partial charge on any atom is -0.345 e. The highest BCUT2D eigenvalue weighted by atomic mass is 16.2. The molecule has 0 saturated carbocycles. The number of rotatable bonds is 7. The Bertz CT molecular complexity index is 1180. The summed E-state index contributed by atoms with van der Waals surface area (Å²) in [4.78, 5) is 33.6. The number of carbonyl (C=O) groups is 2. The highest BCUT2D eigenvalue weighted by molar-refractivity contribution is 6.00. The molecule has 0 saturated heterocycles. The maximum Gasteiger partial charge on any atom is 0.252 e. The molecular weight excluding hydrogens is 374 g/mol. The van der Waals surface area contributed by atoms with Crippen molar-refractivity contribution in [1.82, 2.24) is 15.3 Å². The van der Waals surface area contributed by atoms with E-state index in [0.29, 0.717) is 12.0 Å². The van der Waals surface area contributed by atoms with Crippen LogP contribution in [-0.2, 0) is 17.6 Å². The monoisotopic (exact) mass is 397 g/mol. The summed E-state index contributed by atoms with van der Waals surface area (Å²) in [6.45, 7) is 1.89. The van der Waals surface area contributed by atoms with Crippen LogP contribution in [-0.4, -0.2) is 27.7 Å². The fourth-order valence-electron chi connectivity index (χ4n) is 3.64. The van der Waals surface area contributed by atoms with E-state index in [4.69, 9.17) is 0 Å². The Morgan fingerprint density at radius 1 is 0.967 bits per heavy atom. The van der Waals surface area contributed by atoms with Crippen molar-refractivity contribution in [2.45, 2.75) is 25.8 Å². The van der Waals surface area contributed by atoms with Crippen molar-refractivity contribution in [3.63, 3.8) is 0 Å². The molecule has 2 N–H and O–H groups in total. The summed E-state index contributed by atoms with van der Waals surface area (Å²) in [5, 5.41) is 2.97. The van der Waals surface area contributed by atoms with Crippen molar-refractivity contribution in [3.05, 3.63) is 101 Å². The van der Waals surface area contributed by atoms with E-state index in [1.807, 2.05) is 73.7 Å². The summed E-state index contributed by atoms with van der Waals surface area (Å²) >= 11 is 0. The number of fused-ring (bicyclic) bond motifs is 1. The fraction of sp³-hybridized carbons (Fsp3) is 0.160. The number of carbonyl (C=O) groups excluding carboxylic acids is 2. The lowest BCUT2D eigenvalue weighted by Crippen LogP contribution is -2.43. The summed E-state index contributed by atoms with van der Waals surface area (Å²) in [7, 11) is 0. The molecule has 3 aromatic carbocycles. The number of nitrogens with one attached hydrogen (secondary N) is 2. The normalized spacial score (nSPS) is 11.9. The van der Waals surface area contributed by atoms with Gasteiger partial charge in [0.25, 0.3) is 5.91 Å². The first-order valence-corrected chi connectivity index (χ1v) is 9.96. The zero-order valence-corrected chi connectivity index (χ0v) is 16.8. The van der Waals surface area contributed by atoms with Crippen LogP contribution in [0.3, 0.4) is 0 Å². The van der Waals surface area contributed by atoms with Crippen LogP contribution in [0, 0.1) is 6.92 Å². The molecule has 30 heavy (non-hydrogen) atoms. The molecule has 0 aliphatic rings. The van der Waals surface area contributed by atoms with Gasteiger partial charge in [-0.25, -0.2) is 4.98 Å². The van der Waals surface area contributed by atoms with Gasteiger partial charge in [0.15, 0.2) is 5.78 Å². The first kappa shape index (κ1) is 19.6. The average Bonchev–Trinajstić information content (AvgIpc) is 3.24. The number of aryl methyl sites for hydroxylation is 1. The first-order valence-electron chi connectivity index (χ1n) is 9.96. The molecule has 4 aromatic rings. The number of imidazole rings is 1. The zero-order chi connectivity index (χ0) is 20.9. The Balaban J connectivity index is 1.59. The maximum absolute atomic E-state index is 13.3. The van der Waals surface area contributed by atoms with E-state index in [-0.39, 0.29) is 18.1 Å². The number of benzene rings is 3. The molecule has 0 spiro atoms. The molecule has 0 radical (unpaired) electrons. The molecule has 5 heteroatoms. The number of H-pyrrole nitrogens is 1. The quantitative estimate of drug-likeness (QED) is 0.495. The number of hydrogen-bond acceptors (Lipinski definition) is 3. The second-order valence-electron chi connectivity index (χ2n) is 7.39. The molecule has 5 nitrogen and oxygen atoms in total. The second-order valence-corrected chi connectivity index (χ2v) is 7.39. The van der Waals surface area contributed by atoms with E-state index in [1.54, 1.807) is 12.4 Å². The lowest BCUT2D eigenvalue weighted by Gasteiger charge is -2.19. The molecule has 0 aliphatic heterocycles. The van der Waals surface area contributed by atoms with Gasteiger partial charge in [0, 0.05) is 12.0 Å². The van der Waals surface area contributed by atoms with Crippen LogP contribution in [0.5, 0.6) is 0 Å². The summed E-state index contributed by atoms with van der Waals surface area (Å²) in [6.07, 6.45) is 2.27. The zero-order valence-electron chi connectivity index (χ0n) is 16.8. The molecule has 0 bridgehead atoms. The average molecular weight is 397 g/mol. The lowest BCUT2D eigenvalue weighted by atomic mass is 9.96. The number of ketones is 1. The topological polar surface area (TPSA) is 74.8 Å². The third-order valence-corrected chi connectivity index (χ3v) is 5.26. The van der Waals surface area contributed by atoms with Crippen LogP contribution < -0.4 is 5.32 Å². The van der Waals surface area contributed by atoms with Crippen LogP contribution in [0.4, 0.5) is 0 Å². The number of para-hydroxylation sites is 1. The van der Waals surface area contributed by atoms with Gasteiger partial charge in [-0.1, -0.05) is 60.7 Å². The number of amides is 1. The number of nitrogens with zero attached hydrogens (tertiary/aromatic N) is 1. The summed E-state index contributed by atoms with van der Waals surface area (Å²) in [5.41, 5.74) is 4.99. The van der Waals surface area contributed by atoms with Gasteiger partial charge in [-0.15, -0.1) is 0 Å². The largest absolute Gasteiger partial charge is 0.345 e. The molecule has 4 rings (SSSR count). The molecule has 1 aromatic heterocycles. The van der Waals surface area contributed by atoms with E-state index < -0.39 is 6.04 Å². The summed E-state index contributed by atoms with van der Waals surface area (Å²) < 4.78 is 0. The Kier molecular flexibility index (Phi) is 5.70. The van der Waals surface area contributed by atoms with Gasteiger partial charge in [-0.05, 0) is 42.2 Å². The Hall–Kier alpha value is -3.73. The standard InChI is InChI=1S/C25H23N3O2/c1-17-8-5-6-12-20(17)25(30)28-22(14-18-9-3-2-4-10-18)23(29)15-19-11-7-13-21-24(19)27-16-26-21/h2-13,16,22H,14-15H2,1H3,(H,26,27)(H,28,30). The molecule has 150 valence electrons. The molecule has 1 heterocycles. The van der Waals surface area contributed by atoms with Gasteiger partial charge in [-0.3, -0.25) is 9.59 Å². The fourth-order valence-corrected chi connectivity index (χ4v) is 3.64. The predicted octanol–water partition coefficient (Wildman–Crippen LogP) is 4.02. The van der Waals surface area contributed by atoms with Crippen LogP contribution in [0.2, 0.25) is 0 Å². The number of hydrogen-bond donors (Lipinski definition) is 2. The minimum absolute atomic E-state index is 0.0451. The molecule has 0 fully saturated rings. The van der Waals surface area contributed by atoms with Crippen molar-refractivity contribution in [1.29, 1.82) is 0 Å². The van der Waals surface area contributed by atoms with Gasteiger partial charge < -0.3 is 10.3 Å². The third kappa shape index (κ3) is 4.30. The number of aromatic amines is 1. The van der Waals surface area contributed by atoms with E-state index in [0.717, 1.165) is 27.7 Å². The molecule has 1 atom stereocenters. The Labute approximate surface area is 175 Å². The first-order chi connectivity index (χ1) is 14.6. The summed E-state index contributed by atoms with van der Waals surface area (Å²) in [6, 6.07) is 22.2. The van der Waals surface area contributed by atoms with E-state index in [9.17, 15) is 9.59 Å². The van der Waals surface area contributed by atoms with Crippen LogP contribution in [0.15, 0.2) is 79.1 Å². The third-order valence-electron chi connectivity index (χ3n) is 5.26. The van der Waals surface area contributed by atoms with Crippen molar-refractivity contribution in [2.75, 3.05) is 0 Å². The van der Waals surface area contributed by atoms with Crippen molar-refractivity contribution >= 4 is 22.7 Å².